The summed E-state index contributed by atoms with van der Waals surface area (Å²) in [7, 11) is 1.74. The third-order valence-electron chi connectivity index (χ3n) is 5.56. The van der Waals surface area contributed by atoms with Gasteiger partial charge < -0.3 is 4.74 Å². The van der Waals surface area contributed by atoms with Crippen LogP contribution in [0.4, 0.5) is 16.4 Å². The maximum atomic E-state index is 13.2. The fourth-order valence-electron chi connectivity index (χ4n) is 4.05. The highest BCUT2D eigenvalue weighted by Gasteiger charge is 2.28. The minimum absolute atomic E-state index is 0.301. The van der Waals surface area contributed by atoms with Gasteiger partial charge in [0.15, 0.2) is 0 Å². The molecule has 33 heavy (non-hydrogen) atoms. The van der Waals surface area contributed by atoms with Gasteiger partial charge in [-0.15, -0.1) is 5.73 Å². The maximum absolute atomic E-state index is 13.2. The summed E-state index contributed by atoms with van der Waals surface area (Å²) in [6.45, 7) is 9.15. The van der Waals surface area contributed by atoms with E-state index >= 15 is 0 Å². The van der Waals surface area contributed by atoms with Gasteiger partial charge in [0.25, 0.3) is 0 Å². The molecule has 1 aliphatic rings. The zero-order chi connectivity index (χ0) is 23.8. The molecule has 3 rings (SSSR count). The van der Waals surface area contributed by atoms with E-state index in [9.17, 15) is 4.79 Å². The summed E-state index contributed by atoms with van der Waals surface area (Å²) in [5, 5.41) is 0. The predicted octanol–water partition coefficient (Wildman–Crippen LogP) is 6.52. The number of aromatic nitrogens is 2. The molecule has 1 saturated carbocycles. The second-order valence-electron chi connectivity index (χ2n) is 9.42. The number of carbonyl (C=O) groups is 1. The lowest BCUT2D eigenvalue weighted by atomic mass is 9.85. The van der Waals surface area contributed by atoms with Crippen molar-refractivity contribution < 1.29 is 9.53 Å². The molecule has 174 valence electrons. The van der Waals surface area contributed by atoms with Gasteiger partial charge in [0.1, 0.15) is 5.60 Å². The number of hydrogen-bond donors (Lipinski definition) is 0. The first-order valence-corrected chi connectivity index (χ1v) is 11.6. The lowest BCUT2D eigenvalue weighted by molar-refractivity contribution is 0.0597. The summed E-state index contributed by atoms with van der Waals surface area (Å²) in [4.78, 5) is 28.3. The van der Waals surface area contributed by atoms with Crippen molar-refractivity contribution in [2.75, 3.05) is 11.9 Å². The molecule has 6 heteroatoms. The van der Waals surface area contributed by atoms with Crippen LogP contribution in [0.3, 0.4) is 0 Å². The van der Waals surface area contributed by atoms with Gasteiger partial charge in [-0.1, -0.05) is 50.8 Å². The zero-order valence-electron chi connectivity index (χ0n) is 20.2. The van der Waals surface area contributed by atoms with Gasteiger partial charge >= 0.3 is 6.09 Å². The van der Waals surface area contributed by atoms with E-state index < -0.39 is 11.7 Å². The van der Waals surface area contributed by atoms with Crippen LogP contribution >= 0.6 is 0 Å². The Morgan fingerprint density at radius 1 is 1.24 bits per heavy atom. The summed E-state index contributed by atoms with van der Waals surface area (Å²) < 4.78 is 5.70. The number of carbonyl (C=O) groups excluding carboxylic acids is 1. The van der Waals surface area contributed by atoms with Crippen LogP contribution in [0.5, 0.6) is 0 Å². The van der Waals surface area contributed by atoms with Gasteiger partial charge in [-0.25, -0.2) is 19.7 Å². The lowest BCUT2D eigenvalue weighted by Gasteiger charge is -2.27. The van der Waals surface area contributed by atoms with Crippen LogP contribution in [-0.4, -0.2) is 34.9 Å². The average molecular weight is 447 g/mol. The van der Waals surface area contributed by atoms with Gasteiger partial charge in [-0.05, 0) is 56.9 Å². The summed E-state index contributed by atoms with van der Waals surface area (Å²) in [6.07, 6.45) is 11.9. The second-order valence-corrected chi connectivity index (χ2v) is 9.42. The Morgan fingerprint density at radius 3 is 2.55 bits per heavy atom. The maximum Gasteiger partial charge on any atom is 0.421 e. The van der Waals surface area contributed by atoms with E-state index in [4.69, 9.17) is 9.72 Å². The Kier molecular flexibility index (Phi) is 8.18. The van der Waals surface area contributed by atoms with Crippen LogP contribution in [0.1, 0.15) is 69.7 Å². The quantitative estimate of drug-likeness (QED) is 0.374. The molecule has 0 spiro atoms. The van der Waals surface area contributed by atoms with Crippen LogP contribution in [-0.2, 0) is 11.2 Å². The Hall–Kier alpha value is -3.24. The molecule has 0 bridgehead atoms. The molecule has 1 heterocycles. The number of anilines is 2. The summed E-state index contributed by atoms with van der Waals surface area (Å²) in [5.41, 5.74) is 5.49. The molecule has 6 nitrogen and oxygen atoms in total. The predicted molar refractivity (Wildman–Crippen MR) is 134 cm³/mol. The van der Waals surface area contributed by atoms with Crippen molar-refractivity contribution in [1.82, 2.24) is 9.97 Å². The average Bonchev–Trinajstić information content (AvgIpc) is 2.77. The normalized spacial score (nSPS) is 14.7. The second kappa shape index (κ2) is 11.1. The Morgan fingerprint density at radius 2 is 1.94 bits per heavy atom. The first kappa shape index (κ1) is 24.4. The SMILES string of the molecule is C=C=Cc1ccc(N(C(=O)OC(C)(C)C)c2ncc(C=NC)c(CC3CCCCC3)n2)cc1. The monoisotopic (exact) mass is 446 g/mol. The van der Waals surface area contributed by atoms with Crippen molar-refractivity contribution >= 4 is 30.0 Å². The highest BCUT2D eigenvalue weighted by Crippen LogP contribution is 2.30. The Balaban J connectivity index is 2.03. The zero-order valence-corrected chi connectivity index (χ0v) is 20.2. The minimum atomic E-state index is -0.652. The van der Waals surface area contributed by atoms with Crippen LogP contribution in [0, 0.1) is 5.92 Å². The number of hydrogen-bond acceptors (Lipinski definition) is 5. The summed E-state index contributed by atoms with van der Waals surface area (Å²) in [5.74, 6) is 0.890. The molecule has 0 unspecified atom stereocenters. The topological polar surface area (TPSA) is 67.7 Å². The van der Waals surface area contributed by atoms with Gasteiger partial charge in [-0.2, -0.15) is 0 Å². The van der Waals surface area contributed by atoms with Crippen molar-refractivity contribution in [3.05, 3.63) is 59.6 Å². The first-order chi connectivity index (χ1) is 15.8. The van der Waals surface area contributed by atoms with E-state index in [0.29, 0.717) is 17.6 Å². The Labute approximate surface area is 197 Å². The molecule has 1 fully saturated rings. The van der Waals surface area contributed by atoms with E-state index in [1.54, 1.807) is 25.5 Å². The fourth-order valence-corrected chi connectivity index (χ4v) is 4.05. The Bertz CT molecular complexity index is 1030. The van der Waals surface area contributed by atoms with Crippen molar-refractivity contribution in [3.63, 3.8) is 0 Å². The highest BCUT2D eigenvalue weighted by atomic mass is 16.6. The molecule has 0 radical (unpaired) electrons. The number of aliphatic imine (C=N–C) groups is 1. The summed E-state index contributed by atoms with van der Waals surface area (Å²) >= 11 is 0. The van der Waals surface area contributed by atoms with Gasteiger partial charge in [0.05, 0.1) is 11.4 Å². The first-order valence-electron chi connectivity index (χ1n) is 11.6. The van der Waals surface area contributed by atoms with E-state index in [1.165, 1.54) is 37.0 Å². The number of nitrogens with zero attached hydrogens (tertiary/aromatic N) is 4. The van der Waals surface area contributed by atoms with Crippen LogP contribution in [0.15, 0.2) is 47.8 Å². The number of benzene rings is 1. The molecule has 0 aliphatic heterocycles. The molecule has 0 saturated heterocycles. The smallest absolute Gasteiger partial charge is 0.421 e. The van der Waals surface area contributed by atoms with E-state index in [-0.39, 0.29) is 0 Å². The van der Waals surface area contributed by atoms with E-state index in [0.717, 1.165) is 23.2 Å². The number of ether oxygens (including phenoxy) is 1. The molecular formula is C27H34N4O2. The van der Waals surface area contributed by atoms with Gasteiger partial charge in [0, 0.05) is 25.0 Å². The van der Waals surface area contributed by atoms with E-state index in [1.807, 2.05) is 45.0 Å². The minimum Gasteiger partial charge on any atom is -0.443 e. The lowest BCUT2D eigenvalue weighted by Crippen LogP contribution is -2.35. The van der Waals surface area contributed by atoms with Crippen molar-refractivity contribution in [2.24, 2.45) is 10.9 Å². The summed E-state index contributed by atoms with van der Waals surface area (Å²) in [6, 6.07) is 7.48. The number of rotatable bonds is 6. The van der Waals surface area contributed by atoms with Crippen molar-refractivity contribution in [1.29, 1.82) is 0 Å². The molecule has 1 aliphatic carbocycles. The highest BCUT2D eigenvalue weighted by molar-refractivity contribution is 5.94. The van der Waals surface area contributed by atoms with Crippen molar-refractivity contribution in [2.45, 2.75) is 64.9 Å². The van der Waals surface area contributed by atoms with Crippen LogP contribution in [0.25, 0.3) is 6.08 Å². The third-order valence-corrected chi connectivity index (χ3v) is 5.56. The molecule has 1 aromatic carbocycles. The van der Waals surface area contributed by atoms with Crippen molar-refractivity contribution in [3.8, 4) is 0 Å². The van der Waals surface area contributed by atoms with Crippen LogP contribution in [0.2, 0.25) is 0 Å². The molecule has 0 atom stereocenters. The fraction of sp³-hybridized carbons (Fsp3) is 0.444. The van der Waals surface area contributed by atoms with Gasteiger partial charge in [-0.3, -0.25) is 4.99 Å². The molecular weight excluding hydrogens is 412 g/mol. The molecule has 2 aromatic rings. The number of amides is 1. The third kappa shape index (κ3) is 6.87. The largest absolute Gasteiger partial charge is 0.443 e. The molecule has 1 amide bonds. The molecule has 1 aromatic heterocycles. The van der Waals surface area contributed by atoms with Gasteiger partial charge in [0.2, 0.25) is 5.95 Å². The van der Waals surface area contributed by atoms with Crippen LogP contribution < -0.4 is 4.90 Å². The van der Waals surface area contributed by atoms with E-state index in [2.05, 4.69) is 22.3 Å². The standard InChI is InChI=1S/C27H34N4O2/c1-6-10-20-13-15-23(16-14-20)31(26(32)33-27(2,3)4)25-29-19-22(18-28-5)24(30-25)17-21-11-8-7-9-12-21/h10,13-16,18-19,21H,1,7-9,11-12,17H2,2-5H3. The molecule has 0 N–H and O–H groups in total.